The number of amides is 1. The molecule has 0 atom stereocenters. The minimum absolute atomic E-state index is 0.131. The van der Waals surface area contributed by atoms with Crippen molar-refractivity contribution in [3.63, 3.8) is 0 Å². The van der Waals surface area contributed by atoms with Gasteiger partial charge in [0.1, 0.15) is 0 Å². The van der Waals surface area contributed by atoms with E-state index in [0.717, 1.165) is 44.2 Å². The van der Waals surface area contributed by atoms with E-state index in [0.29, 0.717) is 6.42 Å². The number of hydrogen-bond donors (Lipinski definition) is 1. The summed E-state index contributed by atoms with van der Waals surface area (Å²) in [5.41, 5.74) is 7.42. The third kappa shape index (κ3) is 3.08. The molecule has 24 heavy (non-hydrogen) atoms. The lowest BCUT2D eigenvalue weighted by Gasteiger charge is -2.22. The van der Waals surface area contributed by atoms with Gasteiger partial charge in [0.05, 0.1) is 5.69 Å². The Morgan fingerprint density at radius 3 is 2.38 bits per heavy atom. The number of aromatic nitrogens is 1. The number of anilines is 1. The third-order valence-corrected chi connectivity index (χ3v) is 5.25. The number of aryl methyl sites for hydroxylation is 3. The minimum atomic E-state index is 0.131. The molecule has 0 fully saturated rings. The average molecular weight is 320 g/mol. The summed E-state index contributed by atoms with van der Waals surface area (Å²) in [5, 5.41) is 3.26. The Morgan fingerprint density at radius 1 is 0.917 bits per heavy atom. The van der Waals surface area contributed by atoms with Gasteiger partial charge in [-0.2, -0.15) is 0 Å². The smallest absolute Gasteiger partial charge is 0.224 e. The molecule has 1 aromatic heterocycles. The zero-order valence-electron chi connectivity index (χ0n) is 14.1. The van der Waals surface area contributed by atoms with E-state index in [4.69, 9.17) is 4.98 Å². The van der Waals surface area contributed by atoms with Gasteiger partial charge in [-0.05, 0) is 68.1 Å². The van der Waals surface area contributed by atoms with Gasteiger partial charge < -0.3 is 5.32 Å². The number of hydrogen-bond acceptors (Lipinski definition) is 2. The first-order valence-corrected chi connectivity index (χ1v) is 9.18. The topological polar surface area (TPSA) is 42.0 Å². The highest BCUT2D eigenvalue weighted by molar-refractivity contribution is 5.93. The maximum Gasteiger partial charge on any atom is 0.224 e. The fourth-order valence-electron chi connectivity index (χ4n) is 4.00. The van der Waals surface area contributed by atoms with Crippen LogP contribution >= 0.6 is 0 Å². The molecule has 0 saturated carbocycles. The van der Waals surface area contributed by atoms with Crippen molar-refractivity contribution in [3.05, 3.63) is 58.4 Å². The number of fused-ring (bicyclic) bond motifs is 2. The van der Waals surface area contributed by atoms with Crippen LogP contribution in [0.4, 0.5) is 5.69 Å². The summed E-state index contributed by atoms with van der Waals surface area (Å²) in [4.78, 5) is 17.4. The van der Waals surface area contributed by atoms with Crippen LogP contribution < -0.4 is 5.32 Å². The molecule has 1 N–H and O–H groups in total. The largest absolute Gasteiger partial charge is 0.325 e. The lowest BCUT2D eigenvalue weighted by Crippen LogP contribution is -2.19. The minimum Gasteiger partial charge on any atom is -0.325 e. The van der Waals surface area contributed by atoms with E-state index in [1.54, 1.807) is 0 Å². The molecule has 0 unspecified atom stereocenters. The molecule has 124 valence electrons. The molecule has 2 aromatic rings. The van der Waals surface area contributed by atoms with Crippen LogP contribution in [0.5, 0.6) is 0 Å². The molecule has 1 aromatic carbocycles. The first-order valence-electron chi connectivity index (χ1n) is 9.18. The van der Waals surface area contributed by atoms with E-state index < -0.39 is 0 Å². The van der Waals surface area contributed by atoms with E-state index in [-0.39, 0.29) is 5.91 Å². The van der Waals surface area contributed by atoms with Crippen LogP contribution in [0.25, 0.3) is 0 Å². The summed E-state index contributed by atoms with van der Waals surface area (Å²) in [6.45, 7) is 0. The second-order valence-electron chi connectivity index (χ2n) is 6.93. The number of nitrogens with one attached hydrogen (secondary N) is 1. The van der Waals surface area contributed by atoms with E-state index in [1.807, 2.05) is 18.2 Å². The molecule has 0 aliphatic heterocycles. The van der Waals surface area contributed by atoms with Crippen molar-refractivity contribution in [2.75, 3.05) is 5.32 Å². The van der Waals surface area contributed by atoms with Crippen LogP contribution in [0.1, 0.15) is 53.8 Å². The molecule has 0 saturated heterocycles. The van der Waals surface area contributed by atoms with Crippen LogP contribution in [0.15, 0.2) is 30.3 Å². The zero-order valence-corrected chi connectivity index (χ0v) is 14.1. The molecular formula is C21H24N2O. The van der Waals surface area contributed by atoms with Crippen molar-refractivity contribution in [1.29, 1.82) is 0 Å². The molecule has 0 radical (unpaired) electrons. The summed E-state index contributed by atoms with van der Waals surface area (Å²) in [6.07, 6.45) is 9.18. The molecule has 4 rings (SSSR count). The Labute approximate surface area is 143 Å². The van der Waals surface area contributed by atoms with Crippen molar-refractivity contribution in [2.45, 2.75) is 57.8 Å². The van der Waals surface area contributed by atoms with Gasteiger partial charge in [0.25, 0.3) is 0 Å². The van der Waals surface area contributed by atoms with Gasteiger partial charge in [-0.3, -0.25) is 9.78 Å². The van der Waals surface area contributed by atoms with E-state index in [1.165, 1.54) is 40.9 Å². The molecule has 2 aliphatic rings. The summed E-state index contributed by atoms with van der Waals surface area (Å²) in [6, 6.07) is 10.2. The first kappa shape index (κ1) is 15.4. The monoisotopic (exact) mass is 320 g/mol. The van der Waals surface area contributed by atoms with Gasteiger partial charge in [-0.25, -0.2) is 0 Å². The molecule has 3 heteroatoms. The third-order valence-electron chi connectivity index (χ3n) is 5.25. The van der Waals surface area contributed by atoms with Gasteiger partial charge in [0, 0.05) is 17.8 Å². The predicted octanol–water partition coefficient (Wildman–Crippen LogP) is 4.02. The number of rotatable bonds is 4. The van der Waals surface area contributed by atoms with E-state index >= 15 is 0 Å². The van der Waals surface area contributed by atoms with Crippen LogP contribution in [0, 0.1) is 0 Å². The van der Waals surface area contributed by atoms with Gasteiger partial charge in [-0.15, -0.1) is 0 Å². The second-order valence-corrected chi connectivity index (χ2v) is 6.93. The molecule has 1 amide bonds. The Bertz CT molecular complexity index is 752. The number of carbonyl (C=O) groups excluding carboxylic acids is 1. The molecule has 3 nitrogen and oxygen atoms in total. The van der Waals surface area contributed by atoms with Crippen LogP contribution in [0.3, 0.4) is 0 Å². The van der Waals surface area contributed by atoms with Crippen molar-refractivity contribution >= 4 is 11.6 Å². The van der Waals surface area contributed by atoms with Crippen molar-refractivity contribution < 1.29 is 4.79 Å². The summed E-state index contributed by atoms with van der Waals surface area (Å²) < 4.78 is 0. The van der Waals surface area contributed by atoms with Gasteiger partial charge in [0.2, 0.25) is 5.91 Å². The number of benzene rings is 1. The number of nitrogens with zero attached hydrogens (tertiary/aromatic N) is 1. The second kappa shape index (κ2) is 6.76. The van der Waals surface area contributed by atoms with Crippen molar-refractivity contribution in [2.24, 2.45) is 0 Å². The molecule has 0 bridgehead atoms. The number of pyridine rings is 1. The Hall–Kier alpha value is -2.16. The Balaban J connectivity index is 1.53. The SMILES string of the molecule is O=C(CCc1ccccc1)Nc1c2c(nc3c1CCC3)CCCC2. The fraction of sp³-hybridized carbons (Fsp3) is 0.429. The fourth-order valence-corrected chi connectivity index (χ4v) is 4.00. The van der Waals surface area contributed by atoms with E-state index in [2.05, 4.69) is 17.4 Å². The highest BCUT2D eigenvalue weighted by Crippen LogP contribution is 2.36. The highest BCUT2D eigenvalue weighted by Gasteiger charge is 2.25. The standard InChI is InChI=1S/C21H24N2O/c24-20(14-13-15-7-2-1-3-8-15)23-21-16-9-4-5-11-18(16)22-19-12-6-10-17(19)21/h1-3,7-8H,4-6,9-14H2,(H,22,23,24). The van der Waals surface area contributed by atoms with E-state index in [9.17, 15) is 4.79 Å². The highest BCUT2D eigenvalue weighted by atomic mass is 16.1. The van der Waals surface area contributed by atoms with Gasteiger partial charge >= 0.3 is 0 Å². The van der Waals surface area contributed by atoms with Gasteiger partial charge in [-0.1, -0.05) is 30.3 Å². The summed E-state index contributed by atoms with van der Waals surface area (Å²) in [7, 11) is 0. The first-order chi connectivity index (χ1) is 11.8. The molecular weight excluding hydrogens is 296 g/mol. The van der Waals surface area contributed by atoms with Crippen LogP contribution in [-0.2, 0) is 36.9 Å². The normalized spacial score (nSPS) is 15.7. The lowest BCUT2D eigenvalue weighted by atomic mass is 9.92. The Morgan fingerprint density at radius 2 is 1.58 bits per heavy atom. The summed E-state index contributed by atoms with van der Waals surface area (Å²) in [5.74, 6) is 0.131. The average Bonchev–Trinajstić information content (AvgIpc) is 3.09. The van der Waals surface area contributed by atoms with Gasteiger partial charge in [0.15, 0.2) is 0 Å². The molecule has 1 heterocycles. The number of carbonyl (C=O) groups is 1. The maximum atomic E-state index is 12.5. The predicted molar refractivity (Wildman–Crippen MR) is 96.3 cm³/mol. The van der Waals surface area contributed by atoms with Crippen molar-refractivity contribution in [1.82, 2.24) is 4.98 Å². The lowest BCUT2D eigenvalue weighted by molar-refractivity contribution is -0.116. The van der Waals surface area contributed by atoms with Crippen molar-refractivity contribution in [3.8, 4) is 0 Å². The Kier molecular flexibility index (Phi) is 4.33. The molecule has 2 aliphatic carbocycles. The summed E-state index contributed by atoms with van der Waals surface area (Å²) >= 11 is 0. The quantitative estimate of drug-likeness (QED) is 0.924. The van der Waals surface area contributed by atoms with Crippen LogP contribution in [0.2, 0.25) is 0 Å². The molecule has 0 spiro atoms. The zero-order chi connectivity index (χ0) is 16.4. The maximum absolute atomic E-state index is 12.5. The van der Waals surface area contributed by atoms with Crippen LogP contribution in [-0.4, -0.2) is 10.9 Å².